The molecule has 3 aromatic rings. The van der Waals surface area contributed by atoms with E-state index in [0.29, 0.717) is 17.9 Å². The Morgan fingerprint density at radius 3 is 2.20 bits per heavy atom. The molecule has 1 fully saturated rings. The first-order chi connectivity index (χ1) is 19.6. The molecule has 0 bridgehead atoms. The average Bonchev–Trinajstić information content (AvgIpc) is 2.96. The molecule has 1 saturated carbocycles. The van der Waals surface area contributed by atoms with E-state index < -0.39 is 5.97 Å². The van der Waals surface area contributed by atoms with E-state index in [1.807, 2.05) is 54.7 Å². The first-order valence-electron chi connectivity index (χ1n) is 14.5. The number of amides is 2. The summed E-state index contributed by atoms with van der Waals surface area (Å²) in [6, 6.07) is 19.1. The van der Waals surface area contributed by atoms with Crippen molar-refractivity contribution in [2.24, 2.45) is 23.2 Å². The van der Waals surface area contributed by atoms with E-state index in [2.05, 4.69) is 36.4 Å². The van der Waals surface area contributed by atoms with Crippen LogP contribution in [0.3, 0.4) is 0 Å². The standard InChI is InChI=1S/C34H41N3O4/c1-34(2,3)28-14-10-25(11-15-28)30(21-23-6-8-26(9-7-23)32(40)36-20-18-31(38)39)33(41)37-29-16-12-24(13-17-29)27-5-4-19-35-22-27/h4-9,12-13,16-17,19,22,25,28,30H,10-11,14-15,18,20-21H2,1-3H3,(H,36,40)(H,37,41)(H,38,39). The van der Waals surface area contributed by atoms with E-state index in [-0.39, 0.29) is 42.0 Å². The zero-order valence-electron chi connectivity index (χ0n) is 24.2. The van der Waals surface area contributed by atoms with Gasteiger partial charge in [-0.15, -0.1) is 0 Å². The molecule has 0 saturated heterocycles. The molecule has 1 aliphatic carbocycles. The summed E-state index contributed by atoms with van der Waals surface area (Å²) >= 11 is 0. The van der Waals surface area contributed by atoms with E-state index in [1.54, 1.807) is 18.3 Å². The fraction of sp³-hybridized carbons (Fsp3) is 0.412. The van der Waals surface area contributed by atoms with Crippen LogP contribution < -0.4 is 10.6 Å². The zero-order chi connectivity index (χ0) is 29.4. The molecule has 1 unspecified atom stereocenters. The van der Waals surface area contributed by atoms with E-state index in [9.17, 15) is 14.4 Å². The van der Waals surface area contributed by atoms with Gasteiger partial charge in [0.25, 0.3) is 5.91 Å². The van der Waals surface area contributed by atoms with Gasteiger partial charge in [0, 0.05) is 36.1 Å². The Labute approximate surface area is 242 Å². The largest absolute Gasteiger partial charge is 0.481 e. The number of hydrogen-bond donors (Lipinski definition) is 3. The highest BCUT2D eigenvalue weighted by Crippen LogP contribution is 2.42. The summed E-state index contributed by atoms with van der Waals surface area (Å²) in [7, 11) is 0. The Bertz CT molecular complexity index is 1310. The molecule has 0 spiro atoms. The monoisotopic (exact) mass is 555 g/mol. The Hall–Kier alpha value is -4.00. The highest BCUT2D eigenvalue weighted by atomic mass is 16.4. The number of hydrogen-bond acceptors (Lipinski definition) is 4. The summed E-state index contributed by atoms with van der Waals surface area (Å²) in [6.07, 6.45) is 8.31. The van der Waals surface area contributed by atoms with Crippen LogP contribution >= 0.6 is 0 Å². The van der Waals surface area contributed by atoms with Crippen LogP contribution in [0.25, 0.3) is 11.1 Å². The number of aliphatic carboxylic acids is 1. The number of anilines is 1. The van der Waals surface area contributed by atoms with Crippen LogP contribution in [-0.4, -0.2) is 34.4 Å². The Morgan fingerprint density at radius 1 is 0.927 bits per heavy atom. The van der Waals surface area contributed by atoms with Crippen molar-refractivity contribution >= 4 is 23.5 Å². The fourth-order valence-electron chi connectivity index (χ4n) is 5.81. The van der Waals surface area contributed by atoms with Gasteiger partial charge in [-0.1, -0.05) is 51.1 Å². The van der Waals surface area contributed by atoms with E-state index >= 15 is 0 Å². The maximum atomic E-state index is 13.8. The van der Waals surface area contributed by atoms with Crippen LogP contribution in [-0.2, 0) is 16.0 Å². The molecule has 7 heteroatoms. The lowest BCUT2D eigenvalue weighted by molar-refractivity contribution is -0.136. The van der Waals surface area contributed by atoms with Crippen molar-refractivity contribution < 1.29 is 19.5 Å². The summed E-state index contributed by atoms with van der Waals surface area (Å²) in [5.74, 6) is -0.491. The number of nitrogens with one attached hydrogen (secondary N) is 2. The number of rotatable bonds is 10. The lowest BCUT2D eigenvalue weighted by atomic mass is 9.66. The molecule has 1 atom stereocenters. The lowest BCUT2D eigenvalue weighted by Crippen LogP contribution is -2.35. The van der Waals surface area contributed by atoms with Gasteiger partial charge in [0.1, 0.15) is 0 Å². The van der Waals surface area contributed by atoms with Crippen LogP contribution in [0.4, 0.5) is 5.69 Å². The Morgan fingerprint density at radius 2 is 1.61 bits per heavy atom. The highest BCUT2D eigenvalue weighted by molar-refractivity contribution is 5.95. The summed E-state index contributed by atoms with van der Waals surface area (Å²) in [5.41, 5.74) is 4.57. The Kier molecular flexibility index (Phi) is 9.92. The first kappa shape index (κ1) is 30.0. The quantitative estimate of drug-likeness (QED) is 0.261. The minimum absolute atomic E-state index is 0.0221. The number of benzene rings is 2. The lowest BCUT2D eigenvalue weighted by Gasteiger charge is -2.39. The van der Waals surface area contributed by atoms with Gasteiger partial charge < -0.3 is 15.7 Å². The van der Waals surface area contributed by atoms with Crippen molar-refractivity contribution in [2.75, 3.05) is 11.9 Å². The molecule has 2 aromatic carbocycles. The predicted molar refractivity (Wildman–Crippen MR) is 161 cm³/mol. The molecular formula is C34H41N3O4. The predicted octanol–water partition coefficient (Wildman–Crippen LogP) is 6.60. The van der Waals surface area contributed by atoms with Crippen LogP contribution in [0, 0.1) is 23.2 Å². The third-order valence-corrected chi connectivity index (χ3v) is 8.35. The number of carboxylic acid groups (broad SMARTS) is 1. The van der Waals surface area contributed by atoms with Gasteiger partial charge in [-0.25, -0.2) is 0 Å². The third kappa shape index (κ3) is 8.49. The highest BCUT2D eigenvalue weighted by Gasteiger charge is 2.35. The molecule has 216 valence electrons. The number of nitrogens with zero attached hydrogens (tertiary/aromatic N) is 1. The maximum Gasteiger partial charge on any atom is 0.305 e. The minimum Gasteiger partial charge on any atom is -0.481 e. The molecule has 4 rings (SSSR count). The van der Waals surface area contributed by atoms with Gasteiger partial charge in [0.05, 0.1) is 6.42 Å². The van der Waals surface area contributed by atoms with Crippen LogP contribution in [0.1, 0.15) is 68.8 Å². The molecular weight excluding hydrogens is 514 g/mol. The second kappa shape index (κ2) is 13.6. The van der Waals surface area contributed by atoms with Crippen LogP contribution in [0.15, 0.2) is 73.1 Å². The zero-order valence-corrected chi connectivity index (χ0v) is 24.2. The number of carbonyl (C=O) groups excluding carboxylic acids is 2. The molecule has 1 aromatic heterocycles. The van der Waals surface area contributed by atoms with E-state index in [4.69, 9.17) is 5.11 Å². The molecule has 1 heterocycles. The van der Waals surface area contributed by atoms with Crippen LogP contribution in [0.2, 0.25) is 0 Å². The van der Waals surface area contributed by atoms with Crippen molar-refractivity contribution in [1.82, 2.24) is 10.3 Å². The SMILES string of the molecule is CC(C)(C)C1CCC(C(Cc2ccc(C(=O)NCCC(=O)O)cc2)C(=O)Nc2ccc(-c3cccnc3)cc2)CC1. The molecule has 7 nitrogen and oxygen atoms in total. The average molecular weight is 556 g/mol. The number of pyridine rings is 1. The van der Waals surface area contributed by atoms with Crippen molar-refractivity contribution in [2.45, 2.75) is 59.3 Å². The second-order valence-corrected chi connectivity index (χ2v) is 12.2. The van der Waals surface area contributed by atoms with Crippen molar-refractivity contribution in [3.8, 4) is 11.1 Å². The van der Waals surface area contributed by atoms with Gasteiger partial charge in [-0.05, 0) is 96.4 Å². The molecule has 41 heavy (non-hydrogen) atoms. The van der Waals surface area contributed by atoms with Crippen molar-refractivity contribution in [3.05, 3.63) is 84.2 Å². The topological polar surface area (TPSA) is 108 Å². The Balaban J connectivity index is 1.46. The molecule has 2 amide bonds. The molecule has 3 N–H and O–H groups in total. The normalized spacial score (nSPS) is 17.8. The van der Waals surface area contributed by atoms with E-state index in [0.717, 1.165) is 48.1 Å². The van der Waals surface area contributed by atoms with Gasteiger partial charge in [0.15, 0.2) is 0 Å². The number of carbonyl (C=O) groups is 3. The summed E-state index contributed by atoms with van der Waals surface area (Å²) in [4.78, 5) is 41.0. The summed E-state index contributed by atoms with van der Waals surface area (Å²) in [5, 5.41) is 14.6. The van der Waals surface area contributed by atoms with Gasteiger partial charge >= 0.3 is 5.97 Å². The molecule has 0 radical (unpaired) electrons. The van der Waals surface area contributed by atoms with Gasteiger partial charge in [-0.2, -0.15) is 0 Å². The minimum atomic E-state index is -0.953. The third-order valence-electron chi connectivity index (χ3n) is 8.35. The summed E-state index contributed by atoms with van der Waals surface area (Å²) < 4.78 is 0. The number of carboxylic acids is 1. The van der Waals surface area contributed by atoms with Crippen molar-refractivity contribution in [1.29, 1.82) is 0 Å². The smallest absolute Gasteiger partial charge is 0.305 e. The van der Waals surface area contributed by atoms with Gasteiger partial charge in [0.2, 0.25) is 5.91 Å². The summed E-state index contributed by atoms with van der Waals surface area (Å²) in [6.45, 7) is 6.99. The van der Waals surface area contributed by atoms with E-state index in [1.165, 1.54) is 0 Å². The maximum absolute atomic E-state index is 13.8. The molecule has 0 aliphatic heterocycles. The molecule has 1 aliphatic rings. The number of aromatic nitrogens is 1. The fourth-order valence-corrected chi connectivity index (χ4v) is 5.81. The van der Waals surface area contributed by atoms with Crippen LogP contribution in [0.5, 0.6) is 0 Å². The second-order valence-electron chi connectivity index (χ2n) is 12.2. The first-order valence-corrected chi connectivity index (χ1v) is 14.5. The van der Waals surface area contributed by atoms with Gasteiger partial charge in [-0.3, -0.25) is 19.4 Å². The van der Waals surface area contributed by atoms with Crippen molar-refractivity contribution in [3.63, 3.8) is 0 Å².